The molecule has 3 rings (SSSR count). The molecule has 0 unspecified atom stereocenters. The van der Waals surface area contributed by atoms with Gasteiger partial charge >= 0.3 is 6.03 Å². The second-order valence-electron chi connectivity index (χ2n) is 7.46. The van der Waals surface area contributed by atoms with E-state index < -0.39 is 0 Å². The average Bonchev–Trinajstić information content (AvgIpc) is 2.74. The lowest BCUT2D eigenvalue weighted by molar-refractivity contribution is -0.132. The van der Waals surface area contributed by atoms with Crippen molar-refractivity contribution < 1.29 is 14.7 Å². The fourth-order valence-electron chi connectivity index (χ4n) is 3.42. The molecular weight excluding hydrogens is 366 g/mol. The van der Waals surface area contributed by atoms with Gasteiger partial charge in [0.1, 0.15) is 0 Å². The van der Waals surface area contributed by atoms with E-state index in [0.29, 0.717) is 44.6 Å². The number of piperidine rings is 1. The minimum absolute atomic E-state index is 0.0776. The summed E-state index contributed by atoms with van der Waals surface area (Å²) in [6.45, 7) is 1.84. The molecule has 2 aromatic rings. The van der Waals surface area contributed by atoms with E-state index >= 15 is 0 Å². The first-order valence-corrected chi connectivity index (χ1v) is 10.2. The molecule has 29 heavy (non-hydrogen) atoms. The molecule has 1 saturated heterocycles. The van der Waals surface area contributed by atoms with Gasteiger partial charge in [-0.1, -0.05) is 42.5 Å². The van der Waals surface area contributed by atoms with Gasteiger partial charge < -0.3 is 20.6 Å². The topological polar surface area (TPSA) is 81.7 Å². The van der Waals surface area contributed by atoms with Gasteiger partial charge in [-0.2, -0.15) is 0 Å². The molecule has 6 heteroatoms. The largest absolute Gasteiger partial charge is 0.393 e. The van der Waals surface area contributed by atoms with Gasteiger partial charge in [0.05, 0.1) is 12.5 Å². The molecule has 1 aliphatic heterocycles. The zero-order chi connectivity index (χ0) is 20.5. The average molecular weight is 396 g/mol. The Morgan fingerprint density at radius 1 is 0.966 bits per heavy atom. The van der Waals surface area contributed by atoms with Crippen molar-refractivity contribution in [1.29, 1.82) is 0 Å². The van der Waals surface area contributed by atoms with E-state index in [-0.39, 0.29) is 18.0 Å². The van der Waals surface area contributed by atoms with E-state index in [4.69, 9.17) is 0 Å². The smallest absolute Gasteiger partial charge is 0.319 e. The predicted octanol–water partition coefficient (Wildman–Crippen LogP) is 2.97. The standard InChI is InChI=1S/C23H29N3O3/c27-21-12-15-26(16-13-21)22(28)17-19-8-10-20(11-9-19)25-23(29)24-14-4-7-18-5-2-1-3-6-18/h1-3,5-6,8-11,21,27H,4,7,12-17H2,(H2,24,25,29). The normalized spacial score (nSPS) is 14.4. The van der Waals surface area contributed by atoms with Crippen LogP contribution in [0.15, 0.2) is 54.6 Å². The summed E-state index contributed by atoms with van der Waals surface area (Å²) in [7, 11) is 0. The maximum atomic E-state index is 12.4. The minimum atomic E-state index is -0.283. The van der Waals surface area contributed by atoms with Gasteiger partial charge in [0.15, 0.2) is 0 Å². The Kier molecular flexibility index (Phi) is 7.64. The summed E-state index contributed by atoms with van der Waals surface area (Å²) in [4.78, 5) is 26.2. The quantitative estimate of drug-likeness (QED) is 0.631. The molecule has 0 aromatic heterocycles. The van der Waals surface area contributed by atoms with Gasteiger partial charge in [0, 0.05) is 25.3 Å². The number of nitrogens with zero attached hydrogens (tertiary/aromatic N) is 1. The highest BCUT2D eigenvalue weighted by atomic mass is 16.3. The number of aryl methyl sites for hydroxylation is 1. The molecule has 154 valence electrons. The number of aliphatic hydroxyl groups excluding tert-OH is 1. The van der Waals surface area contributed by atoms with E-state index in [2.05, 4.69) is 22.8 Å². The second-order valence-corrected chi connectivity index (χ2v) is 7.46. The highest BCUT2D eigenvalue weighted by molar-refractivity contribution is 5.89. The van der Waals surface area contributed by atoms with Crippen molar-refractivity contribution in [2.24, 2.45) is 0 Å². The number of benzene rings is 2. The Morgan fingerprint density at radius 2 is 1.66 bits per heavy atom. The van der Waals surface area contributed by atoms with Gasteiger partial charge in [0.25, 0.3) is 0 Å². The van der Waals surface area contributed by atoms with E-state index in [0.717, 1.165) is 18.4 Å². The fraction of sp³-hybridized carbons (Fsp3) is 0.391. The van der Waals surface area contributed by atoms with Crippen LogP contribution < -0.4 is 10.6 Å². The monoisotopic (exact) mass is 395 g/mol. The van der Waals surface area contributed by atoms with Crippen LogP contribution in [0.5, 0.6) is 0 Å². The minimum Gasteiger partial charge on any atom is -0.393 e. The number of carbonyl (C=O) groups excluding carboxylic acids is 2. The Balaban J connectivity index is 1.37. The number of rotatable bonds is 7. The zero-order valence-corrected chi connectivity index (χ0v) is 16.6. The first kappa shape index (κ1) is 20.9. The summed E-state index contributed by atoms with van der Waals surface area (Å²) >= 11 is 0. The Hall–Kier alpha value is -2.86. The van der Waals surface area contributed by atoms with Crippen molar-refractivity contribution in [1.82, 2.24) is 10.2 Å². The van der Waals surface area contributed by atoms with Crippen LogP contribution in [0, 0.1) is 0 Å². The van der Waals surface area contributed by atoms with Crippen LogP contribution in [0.4, 0.5) is 10.5 Å². The highest BCUT2D eigenvalue weighted by Crippen LogP contribution is 2.14. The molecule has 1 heterocycles. The maximum Gasteiger partial charge on any atom is 0.319 e. The molecule has 0 bridgehead atoms. The number of aliphatic hydroxyl groups is 1. The van der Waals surface area contributed by atoms with Crippen molar-refractivity contribution in [3.63, 3.8) is 0 Å². The van der Waals surface area contributed by atoms with E-state index in [1.807, 2.05) is 47.4 Å². The van der Waals surface area contributed by atoms with Crippen LogP contribution in [-0.4, -0.2) is 47.7 Å². The number of likely N-dealkylation sites (tertiary alicyclic amines) is 1. The summed E-state index contributed by atoms with van der Waals surface area (Å²) < 4.78 is 0. The maximum absolute atomic E-state index is 12.4. The number of hydrogen-bond acceptors (Lipinski definition) is 3. The van der Waals surface area contributed by atoms with Crippen molar-refractivity contribution in [3.8, 4) is 0 Å². The summed E-state index contributed by atoms with van der Waals surface area (Å²) in [6.07, 6.45) is 3.16. The lowest BCUT2D eigenvalue weighted by atomic mass is 10.1. The molecule has 0 spiro atoms. The van der Waals surface area contributed by atoms with E-state index in [1.54, 1.807) is 0 Å². The Morgan fingerprint density at radius 3 is 2.34 bits per heavy atom. The Bertz CT molecular complexity index is 785. The van der Waals surface area contributed by atoms with E-state index in [9.17, 15) is 14.7 Å². The fourth-order valence-corrected chi connectivity index (χ4v) is 3.42. The van der Waals surface area contributed by atoms with Crippen molar-refractivity contribution in [2.75, 3.05) is 25.0 Å². The molecule has 3 N–H and O–H groups in total. The van der Waals surface area contributed by atoms with Gasteiger partial charge in [-0.3, -0.25) is 4.79 Å². The van der Waals surface area contributed by atoms with Crippen molar-refractivity contribution in [2.45, 2.75) is 38.2 Å². The van der Waals surface area contributed by atoms with Crippen LogP contribution in [0.1, 0.15) is 30.4 Å². The van der Waals surface area contributed by atoms with Crippen LogP contribution in [-0.2, 0) is 17.6 Å². The predicted molar refractivity (Wildman–Crippen MR) is 114 cm³/mol. The van der Waals surface area contributed by atoms with Crippen molar-refractivity contribution >= 4 is 17.6 Å². The first-order chi connectivity index (χ1) is 14.1. The lowest BCUT2D eigenvalue weighted by Gasteiger charge is -2.29. The van der Waals surface area contributed by atoms with Gasteiger partial charge in [-0.05, 0) is 48.9 Å². The third-order valence-corrected chi connectivity index (χ3v) is 5.15. The number of carbonyl (C=O) groups is 2. The van der Waals surface area contributed by atoms with Crippen LogP contribution >= 0.6 is 0 Å². The van der Waals surface area contributed by atoms with Crippen LogP contribution in [0.25, 0.3) is 0 Å². The number of anilines is 1. The van der Waals surface area contributed by atoms with Gasteiger partial charge in [-0.25, -0.2) is 4.79 Å². The van der Waals surface area contributed by atoms with Gasteiger partial charge in [0.2, 0.25) is 5.91 Å². The third kappa shape index (κ3) is 6.91. The lowest BCUT2D eigenvalue weighted by Crippen LogP contribution is -2.40. The zero-order valence-electron chi connectivity index (χ0n) is 16.6. The number of amides is 3. The Labute approximate surface area is 171 Å². The molecule has 0 aliphatic carbocycles. The molecule has 0 saturated carbocycles. The van der Waals surface area contributed by atoms with Crippen molar-refractivity contribution in [3.05, 3.63) is 65.7 Å². The number of nitrogens with one attached hydrogen (secondary N) is 2. The summed E-state index contributed by atoms with van der Waals surface area (Å²) in [5.74, 6) is 0.0776. The molecule has 3 amide bonds. The summed E-state index contributed by atoms with van der Waals surface area (Å²) in [6, 6.07) is 17.3. The molecular formula is C23H29N3O3. The molecule has 2 aromatic carbocycles. The number of urea groups is 1. The molecule has 6 nitrogen and oxygen atoms in total. The van der Waals surface area contributed by atoms with Gasteiger partial charge in [-0.15, -0.1) is 0 Å². The molecule has 0 radical (unpaired) electrons. The molecule has 1 fully saturated rings. The number of hydrogen-bond donors (Lipinski definition) is 3. The first-order valence-electron chi connectivity index (χ1n) is 10.2. The van der Waals surface area contributed by atoms with Crippen LogP contribution in [0.2, 0.25) is 0 Å². The molecule has 1 aliphatic rings. The second kappa shape index (κ2) is 10.6. The van der Waals surface area contributed by atoms with Crippen LogP contribution in [0.3, 0.4) is 0 Å². The third-order valence-electron chi connectivity index (χ3n) is 5.15. The highest BCUT2D eigenvalue weighted by Gasteiger charge is 2.21. The molecule has 0 atom stereocenters. The summed E-state index contributed by atoms with van der Waals surface area (Å²) in [5.41, 5.74) is 2.87. The van der Waals surface area contributed by atoms with E-state index in [1.165, 1.54) is 5.56 Å². The SMILES string of the molecule is O=C(NCCCc1ccccc1)Nc1ccc(CC(=O)N2CCC(O)CC2)cc1. The summed E-state index contributed by atoms with van der Waals surface area (Å²) in [5, 5.41) is 15.2.